The summed E-state index contributed by atoms with van der Waals surface area (Å²) in [4.78, 5) is 86.5. The molecule has 2 aliphatic heterocycles. The number of hydrogen-bond donors (Lipinski definition) is 0. The van der Waals surface area contributed by atoms with E-state index in [1.165, 1.54) is 24.3 Å². The molecule has 9 rings (SSSR count). The van der Waals surface area contributed by atoms with E-state index in [1.807, 2.05) is 121 Å². The van der Waals surface area contributed by atoms with Crippen molar-refractivity contribution in [2.24, 2.45) is 0 Å². The van der Waals surface area contributed by atoms with Crippen LogP contribution in [0.15, 0.2) is 131 Å². The molecule has 2 fully saturated rings. The Morgan fingerprint density at radius 2 is 0.931 bits per heavy atom. The summed E-state index contributed by atoms with van der Waals surface area (Å²) in [5, 5.41) is 1.62. The van der Waals surface area contributed by atoms with E-state index in [0.717, 1.165) is 44.1 Å². The number of benzene rings is 5. The predicted molar refractivity (Wildman–Crippen MR) is 278 cm³/mol. The van der Waals surface area contributed by atoms with Gasteiger partial charge in [0.15, 0.2) is 0 Å². The number of ether oxygens (including phenoxy) is 2. The first-order chi connectivity index (χ1) is 34.8. The molecule has 0 radical (unpaired) electrons. The summed E-state index contributed by atoms with van der Waals surface area (Å²) in [7, 11) is 0. The fourth-order valence-electron chi connectivity index (χ4n) is 9.54. The normalized spacial score (nSPS) is 13.7. The van der Waals surface area contributed by atoms with Crippen LogP contribution in [0.3, 0.4) is 0 Å². The first-order valence-electron chi connectivity index (χ1n) is 24.3. The van der Waals surface area contributed by atoms with Crippen LogP contribution in [0.4, 0.5) is 15.8 Å². The second-order valence-corrected chi connectivity index (χ2v) is 18.0. The third kappa shape index (κ3) is 10.8. The maximum Gasteiger partial charge on any atom is 0.345 e. The van der Waals surface area contributed by atoms with Crippen LogP contribution in [0.25, 0.3) is 21.8 Å². The Labute approximate surface area is 417 Å². The molecule has 15 heteroatoms. The SMILES string of the molecule is CCOC(=O)c1c(N2CCN(C(=O)c3ccc(F)cc3)CC2)c2cc(C)ccc2n(Cc2ccccc2)c1=O.CCOC(=O)c1c(N2CCN(C(C)=O)CC2)c2cc(C)ccc2n(Cc2ccccc2)c1=O. The number of pyridine rings is 2. The first kappa shape index (κ1) is 50.3. The quantitative estimate of drug-likeness (QED) is 0.118. The number of aryl methyl sites for hydroxylation is 2. The fourth-order valence-corrected chi connectivity index (χ4v) is 9.54. The average Bonchev–Trinajstić information content (AvgIpc) is 3.38. The minimum Gasteiger partial charge on any atom is -0.462 e. The van der Waals surface area contributed by atoms with Crippen molar-refractivity contribution in [2.75, 3.05) is 75.4 Å². The van der Waals surface area contributed by atoms with Crippen LogP contribution in [-0.4, -0.2) is 108 Å². The van der Waals surface area contributed by atoms with Crippen molar-refractivity contribution in [3.8, 4) is 0 Å². The van der Waals surface area contributed by atoms with E-state index < -0.39 is 23.3 Å². The molecule has 7 aromatic rings. The summed E-state index contributed by atoms with van der Waals surface area (Å²) in [5.41, 5.74) is 6.28. The Morgan fingerprint density at radius 3 is 1.32 bits per heavy atom. The molecule has 0 N–H and O–H groups in total. The largest absolute Gasteiger partial charge is 0.462 e. The number of rotatable bonds is 11. The maximum atomic E-state index is 14.0. The summed E-state index contributed by atoms with van der Waals surface area (Å²) in [5.74, 6) is -1.82. The van der Waals surface area contributed by atoms with Crippen molar-refractivity contribution in [1.29, 1.82) is 0 Å². The van der Waals surface area contributed by atoms with Crippen LogP contribution in [0.2, 0.25) is 0 Å². The number of carbonyl (C=O) groups is 4. The van der Waals surface area contributed by atoms with Crippen LogP contribution >= 0.6 is 0 Å². The number of amides is 2. The van der Waals surface area contributed by atoms with Crippen molar-refractivity contribution in [3.05, 3.63) is 187 Å². The molecule has 0 spiro atoms. The number of hydrogen-bond acceptors (Lipinski definition) is 10. The monoisotopic (exact) mass is 974 g/mol. The van der Waals surface area contributed by atoms with Gasteiger partial charge in [0, 0.05) is 75.6 Å². The second-order valence-electron chi connectivity index (χ2n) is 18.0. The molecule has 0 saturated carbocycles. The Bertz CT molecular complexity index is 3250. The summed E-state index contributed by atoms with van der Waals surface area (Å²) >= 11 is 0. The molecular weight excluding hydrogens is 916 g/mol. The summed E-state index contributed by atoms with van der Waals surface area (Å²) in [6.07, 6.45) is 0. The smallest absolute Gasteiger partial charge is 0.345 e. The van der Waals surface area contributed by atoms with Gasteiger partial charge < -0.3 is 38.2 Å². The molecule has 0 bridgehead atoms. The Balaban J connectivity index is 0.000000195. The zero-order valence-corrected chi connectivity index (χ0v) is 41.4. The third-order valence-electron chi connectivity index (χ3n) is 13.1. The number of carbonyl (C=O) groups excluding carboxylic acids is 4. The zero-order chi connectivity index (χ0) is 51.1. The Morgan fingerprint density at radius 1 is 0.528 bits per heavy atom. The number of fused-ring (bicyclic) bond motifs is 2. The van der Waals surface area contributed by atoms with Crippen molar-refractivity contribution < 1.29 is 33.0 Å². The van der Waals surface area contributed by atoms with Gasteiger partial charge in [0.05, 0.1) is 48.7 Å². The van der Waals surface area contributed by atoms with Crippen LogP contribution < -0.4 is 20.9 Å². The molecule has 2 saturated heterocycles. The summed E-state index contributed by atoms with van der Waals surface area (Å²) < 4.78 is 27.3. The lowest BCUT2D eigenvalue weighted by Gasteiger charge is -2.37. The van der Waals surface area contributed by atoms with Gasteiger partial charge in [-0.25, -0.2) is 14.0 Å². The van der Waals surface area contributed by atoms with Crippen LogP contribution in [0.5, 0.6) is 0 Å². The first-order valence-corrected chi connectivity index (χ1v) is 24.3. The molecule has 72 heavy (non-hydrogen) atoms. The number of nitrogens with zero attached hydrogens (tertiary/aromatic N) is 6. The molecule has 2 aliphatic rings. The van der Waals surface area contributed by atoms with E-state index in [4.69, 9.17) is 9.47 Å². The molecule has 0 unspecified atom stereocenters. The zero-order valence-electron chi connectivity index (χ0n) is 41.4. The minimum absolute atomic E-state index is 0.00388. The predicted octanol–water partition coefficient (Wildman–Crippen LogP) is 7.84. The Hall–Kier alpha value is -8.07. The molecule has 0 atom stereocenters. The number of esters is 2. The third-order valence-corrected chi connectivity index (χ3v) is 13.1. The lowest BCUT2D eigenvalue weighted by molar-refractivity contribution is -0.129. The lowest BCUT2D eigenvalue weighted by Crippen LogP contribution is -2.49. The maximum absolute atomic E-state index is 14.0. The van der Waals surface area contributed by atoms with Gasteiger partial charge in [0.1, 0.15) is 16.9 Å². The van der Waals surface area contributed by atoms with E-state index in [2.05, 4.69) is 0 Å². The molecule has 0 aliphatic carbocycles. The van der Waals surface area contributed by atoms with Gasteiger partial charge in [-0.05, 0) is 87.4 Å². The lowest BCUT2D eigenvalue weighted by atomic mass is 10.0. The van der Waals surface area contributed by atoms with Crippen molar-refractivity contribution in [2.45, 2.75) is 47.7 Å². The topological polar surface area (TPSA) is 144 Å². The Kier molecular flexibility index (Phi) is 15.6. The van der Waals surface area contributed by atoms with Gasteiger partial charge in [-0.1, -0.05) is 83.9 Å². The molecule has 2 aromatic heterocycles. The van der Waals surface area contributed by atoms with Gasteiger partial charge in [0.2, 0.25) is 5.91 Å². The van der Waals surface area contributed by atoms with Crippen molar-refractivity contribution in [3.63, 3.8) is 0 Å². The van der Waals surface area contributed by atoms with Gasteiger partial charge in [-0.2, -0.15) is 0 Å². The fraction of sp³-hybridized carbons (Fsp3) is 0.298. The summed E-state index contributed by atoms with van der Waals surface area (Å²) in [6.45, 7) is 13.7. The molecule has 2 amide bonds. The average molecular weight is 975 g/mol. The molecule has 5 aromatic carbocycles. The van der Waals surface area contributed by atoms with E-state index in [1.54, 1.807) is 39.7 Å². The van der Waals surface area contributed by atoms with E-state index in [9.17, 15) is 33.2 Å². The molecule has 372 valence electrons. The van der Waals surface area contributed by atoms with E-state index in [-0.39, 0.29) is 41.7 Å². The van der Waals surface area contributed by atoms with Crippen molar-refractivity contribution in [1.82, 2.24) is 18.9 Å². The van der Waals surface area contributed by atoms with E-state index in [0.29, 0.717) is 82.4 Å². The molecular formula is C57H59FN6O8. The molecule has 14 nitrogen and oxygen atoms in total. The number of aromatic nitrogens is 2. The van der Waals surface area contributed by atoms with Crippen LogP contribution in [-0.2, 0) is 27.4 Å². The highest BCUT2D eigenvalue weighted by Gasteiger charge is 2.32. The highest BCUT2D eigenvalue weighted by Crippen LogP contribution is 2.34. The second kappa shape index (κ2) is 22.3. The number of halogens is 1. The number of anilines is 2. The summed E-state index contributed by atoms with van der Waals surface area (Å²) in [6, 6.07) is 36.7. The van der Waals surface area contributed by atoms with Gasteiger partial charge in [-0.15, -0.1) is 0 Å². The van der Waals surface area contributed by atoms with Crippen LogP contribution in [0.1, 0.15) is 74.1 Å². The van der Waals surface area contributed by atoms with Gasteiger partial charge in [-0.3, -0.25) is 19.2 Å². The minimum atomic E-state index is -0.660. The van der Waals surface area contributed by atoms with Crippen LogP contribution in [0, 0.1) is 19.7 Å². The molecule has 4 heterocycles. The van der Waals surface area contributed by atoms with E-state index >= 15 is 0 Å². The highest BCUT2D eigenvalue weighted by atomic mass is 19.1. The highest BCUT2D eigenvalue weighted by molar-refractivity contribution is 6.07. The standard InChI is InChI=1S/C31H30FN3O4.C26H29N3O4/c1-3-39-31(38)27-28(33-15-17-34(18-16-33)29(36)23-10-12-24(32)13-11-23)25-19-21(2)9-14-26(25)35(30(27)37)20-22-7-5-4-6-8-22;1-4-33-26(32)23-24(28-14-12-27(13-15-28)19(3)30)21-16-18(2)10-11-22(21)29(25(23)31)17-20-8-6-5-7-9-20/h4-14,19H,3,15-18,20H2,1-2H3;5-11,16H,4,12-15,17H2,1-3H3. The van der Waals surface area contributed by atoms with Crippen molar-refractivity contribution >= 4 is 56.9 Å². The number of piperazine rings is 2. The van der Waals surface area contributed by atoms with Gasteiger partial charge >= 0.3 is 11.9 Å². The van der Waals surface area contributed by atoms with Gasteiger partial charge in [0.25, 0.3) is 17.0 Å².